The summed E-state index contributed by atoms with van der Waals surface area (Å²) in [5.41, 5.74) is 2.41. The molecular formula is C25H30Cl2FN5O2S. The molecule has 36 heavy (non-hydrogen) atoms. The highest BCUT2D eigenvalue weighted by molar-refractivity contribution is 7.99. The van der Waals surface area contributed by atoms with Gasteiger partial charge in [-0.25, -0.2) is 4.39 Å². The third-order valence-corrected chi connectivity index (χ3v) is 8.22. The second-order valence-corrected chi connectivity index (χ2v) is 10.5. The number of piperidine rings is 1. The van der Waals surface area contributed by atoms with Gasteiger partial charge in [-0.15, -0.1) is 41.7 Å². The molecule has 0 bridgehead atoms. The van der Waals surface area contributed by atoms with E-state index in [1.165, 1.54) is 0 Å². The van der Waals surface area contributed by atoms with Crippen LogP contribution in [-0.4, -0.2) is 57.7 Å². The molecule has 5 heterocycles. The van der Waals surface area contributed by atoms with Crippen molar-refractivity contribution in [1.29, 1.82) is 0 Å². The van der Waals surface area contributed by atoms with Gasteiger partial charge in [0.2, 0.25) is 5.88 Å². The number of nitrogens with one attached hydrogen (secondary N) is 1. The largest absolute Gasteiger partial charge is 0.475 e. The molecule has 6 rings (SSSR count). The van der Waals surface area contributed by atoms with Crippen LogP contribution in [0.25, 0.3) is 10.9 Å². The molecule has 3 aliphatic heterocycles. The Bertz CT molecular complexity index is 1290. The lowest BCUT2D eigenvalue weighted by Crippen LogP contribution is -2.44. The predicted octanol–water partition coefficient (Wildman–Crippen LogP) is 4.00. The molecule has 1 unspecified atom stereocenters. The number of aryl methyl sites for hydroxylation is 1. The Morgan fingerprint density at radius 1 is 1.08 bits per heavy atom. The van der Waals surface area contributed by atoms with Crippen LogP contribution >= 0.6 is 36.6 Å². The smallest absolute Gasteiger partial charge is 0.251 e. The monoisotopic (exact) mass is 553 g/mol. The molecule has 0 saturated carbocycles. The van der Waals surface area contributed by atoms with E-state index in [4.69, 9.17) is 4.74 Å². The number of likely N-dealkylation sites (tertiary alicyclic amines) is 1. The molecule has 2 aromatic heterocycles. The van der Waals surface area contributed by atoms with Crippen LogP contribution in [0.2, 0.25) is 0 Å². The van der Waals surface area contributed by atoms with Gasteiger partial charge >= 0.3 is 0 Å². The van der Waals surface area contributed by atoms with Crippen LogP contribution in [0.3, 0.4) is 0 Å². The second-order valence-electron chi connectivity index (χ2n) is 9.37. The fourth-order valence-electron chi connectivity index (χ4n) is 5.48. The highest BCUT2D eigenvalue weighted by Gasteiger charge is 2.29. The number of hydrogen-bond donors (Lipinski definition) is 1. The first-order valence-corrected chi connectivity index (χ1v) is 13.0. The highest BCUT2D eigenvalue weighted by Crippen LogP contribution is 2.35. The van der Waals surface area contributed by atoms with Crippen LogP contribution in [-0.2, 0) is 13.1 Å². The molecule has 3 aromatic rings. The average molecular weight is 555 g/mol. The van der Waals surface area contributed by atoms with E-state index in [2.05, 4.69) is 26.5 Å². The fraction of sp³-hybridized carbons (Fsp3) is 0.480. The minimum atomic E-state index is -0.192. The van der Waals surface area contributed by atoms with Crippen LogP contribution in [0, 0.1) is 5.82 Å². The van der Waals surface area contributed by atoms with Gasteiger partial charge in [-0.2, -0.15) is 5.10 Å². The number of fused-ring (bicyclic) bond motifs is 1. The van der Waals surface area contributed by atoms with Crippen molar-refractivity contribution in [3.05, 3.63) is 57.8 Å². The number of hydrogen-bond acceptors (Lipinski definition) is 7. The first-order chi connectivity index (χ1) is 16.7. The number of halogens is 3. The number of rotatable bonds is 5. The first-order valence-electron chi connectivity index (χ1n) is 12.1. The van der Waals surface area contributed by atoms with Gasteiger partial charge < -0.3 is 19.5 Å². The van der Waals surface area contributed by atoms with Gasteiger partial charge in [0.1, 0.15) is 5.82 Å². The van der Waals surface area contributed by atoms with Gasteiger partial charge in [-0.3, -0.25) is 4.79 Å². The molecule has 1 aromatic carbocycles. The summed E-state index contributed by atoms with van der Waals surface area (Å²) in [6.45, 7) is 4.84. The van der Waals surface area contributed by atoms with E-state index < -0.39 is 0 Å². The van der Waals surface area contributed by atoms with Gasteiger partial charge in [0.15, 0.2) is 0 Å². The Hall–Kier alpha value is -1.91. The summed E-state index contributed by atoms with van der Waals surface area (Å²) in [6.07, 6.45) is 2.89. The highest BCUT2D eigenvalue weighted by atomic mass is 35.5. The third kappa shape index (κ3) is 5.36. The SMILES string of the molecule is Cl.Cl.O=c1ccc2ccc(F)c3c2n1CCC3CN1CCC(NCc2cc3c(nn2)OCCS3)CC1. The zero-order valence-electron chi connectivity index (χ0n) is 19.8. The van der Waals surface area contributed by atoms with Crippen molar-refractivity contribution in [2.75, 3.05) is 32.0 Å². The molecule has 7 nitrogen and oxygen atoms in total. The Morgan fingerprint density at radius 2 is 1.89 bits per heavy atom. The molecule has 1 atom stereocenters. The van der Waals surface area contributed by atoms with E-state index in [0.717, 1.165) is 71.7 Å². The molecule has 3 aliphatic rings. The molecule has 0 radical (unpaired) electrons. The van der Waals surface area contributed by atoms with Crippen molar-refractivity contribution in [2.45, 2.75) is 49.2 Å². The van der Waals surface area contributed by atoms with Gasteiger partial charge in [0, 0.05) is 49.0 Å². The Balaban J connectivity index is 0.00000152. The Kier molecular flexibility index (Phi) is 8.78. The van der Waals surface area contributed by atoms with Crippen molar-refractivity contribution >= 4 is 47.5 Å². The van der Waals surface area contributed by atoms with E-state index in [9.17, 15) is 9.18 Å². The molecule has 1 fully saturated rings. The minimum Gasteiger partial charge on any atom is -0.475 e. The summed E-state index contributed by atoms with van der Waals surface area (Å²) in [4.78, 5) is 15.9. The topological polar surface area (TPSA) is 72.3 Å². The van der Waals surface area contributed by atoms with Gasteiger partial charge in [-0.1, -0.05) is 0 Å². The lowest BCUT2D eigenvalue weighted by atomic mass is 9.88. The quantitative estimate of drug-likeness (QED) is 0.511. The zero-order valence-corrected chi connectivity index (χ0v) is 22.3. The molecule has 194 valence electrons. The van der Waals surface area contributed by atoms with Crippen molar-refractivity contribution in [1.82, 2.24) is 25.0 Å². The number of ether oxygens (including phenoxy) is 1. The van der Waals surface area contributed by atoms with Gasteiger partial charge in [0.25, 0.3) is 5.56 Å². The maximum absolute atomic E-state index is 14.9. The predicted molar refractivity (Wildman–Crippen MR) is 145 cm³/mol. The Morgan fingerprint density at radius 3 is 2.72 bits per heavy atom. The van der Waals surface area contributed by atoms with Crippen LogP contribution in [0.5, 0.6) is 5.88 Å². The molecule has 1 saturated heterocycles. The average Bonchev–Trinajstić information content (AvgIpc) is 2.87. The minimum absolute atomic E-state index is 0. The van der Waals surface area contributed by atoms with Crippen molar-refractivity contribution in [2.24, 2.45) is 0 Å². The lowest BCUT2D eigenvalue weighted by Gasteiger charge is -2.36. The van der Waals surface area contributed by atoms with E-state index in [1.54, 1.807) is 34.5 Å². The van der Waals surface area contributed by atoms with Crippen LogP contribution in [0.4, 0.5) is 4.39 Å². The van der Waals surface area contributed by atoms with E-state index in [0.29, 0.717) is 31.6 Å². The van der Waals surface area contributed by atoms with Crippen molar-refractivity contribution < 1.29 is 9.13 Å². The molecule has 1 N–H and O–H groups in total. The van der Waals surface area contributed by atoms with Crippen LogP contribution < -0.4 is 15.6 Å². The third-order valence-electron chi connectivity index (χ3n) is 7.24. The number of benzene rings is 1. The number of aromatic nitrogens is 3. The first kappa shape index (κ1) is 27.1. The van der Waals surface area contributed by atoms with Crippen LogP contribution in [0.1, 0.15) is 36.4 Å². The maximum atomic E-state index is 14.9. The molecule has 0 aliphatic carbocycles. The molecule has 0 amide bonds. The fourth-order valence-corrected chi connectivity index (χ4v) is 6.31. The van der Waals surface area contributed by atoms with Crippen LogP contribution in [0.15, 0.2) is 40.0 Å². The van der Waals surface area contributed by atoms with E-state index >= 15 is 0 Å². The number of thioether (sulfide) groups is 1. The van der Waals surface area contributed by atoms with Crippen molar-refractivity contribution in [3.63, 3.8) is 0 Å². The summed E-state index contributed by atoms with van der Waals surface area (Å²) in [6, 6.07) is 9.25. The van der Waals surface area contributed by atoms with E-state index in [-0.39, 0.29) is 42.1 Å². The zero-order chi connectivity index (χ0) is 23.1. The number of nitrogens with zero attached hydrogens (tertiary/aromatic N) is 4. The normalized spacial score (nSPS) is 19.6. The Labute approximate surface area is 226 Å². The summed E-state index contributed by atoms with van der Waals surface area (Å²) >= 11 is 1.77. The molecule has 11 heteroatoms. The lowest BCUT2D eigenvalue weighted by molar-refractivity contribution is 0.181. The summed E-state index contributed by atoms with van der Waals surface area (Å²) in [5.74, 6) is 1.52. The standard InChI is InChI=1S/C25H28FN5O2S.2ClH/c26-20-3-1-16-2-4-22(32)31-10-5-17(23(20)24(16)31)15-30-8-6-18(7-9-30)27-14-19-13-21-25(29-28-19)33-11-12-34-21;;/h1-4,13,17-18,27H,5-12,14-15H2;2*1H. The molecule has 0 spiro atoms. The summed E-state index contributed by atoms with van der Waals surface area (Å²) in [7, 11) is 0. The molecular weight excluding hydrogens is 524 g/mol. The second kappa shape index (κ2) is 11.6. The van der Waals surface area contributed by atoms with Gasteiger partial charge in [-0.05, 0) is 62.0 Å². The maximum Gasteiger partial charge on any atom is 0.251 e. The van der Waals surface area contributed by atoms with Gasteiger partial charge in [0.05, 0.1) is 22.7 Å². The van der Waals surface area contributed by atoms with E-state index in [1.807, 2.05) is 6.07 Å². The summed E-state index contributed by atoms with van der Waals surface area (Å²) < 4.78 is 22.2. The number of pyridine rings is 1. The summed E-state index contributed by atoms with van der Waals surface area (Å²) in [5, 5.41) is 13.1. The van der Waals surface area contributed by atoms with Crippen molar-refractivity contribution in [3.8, 4) is 5.88 Å².